The monoisotopic (exact) mass is 612 g/mol. The normalized spacial score (nSPS) is 14.0. The van der Waals surface area contributed by atoms with Crippen LogP contribution in [-0.2, 0) is 19.4 Å². The molecule has 1 N–H and O–H groups in total. The molecule has 0 aliphatic carbocycles. The molecular formula is C38H52N4O3. The van der Waals surface area contributed by atoms with Crippen molar-refractivity contribution in [2.24, 2.45) is 5.92 Å². The van der Waals surface area contributed by atoms with Crippen LogP contribution >= 0.6 is 0 Å². The van der Waals surface area contributed by atoms with E-state index in [9.17, 15) is 9.59 Å². The standard InChI is InChI=1S/C38H52N4O3/c1-5-6-7-10-30-15-18-35(40-27-30)38(44)42(34-21-25-41(26-22-34)24-20-29(2)3)28-31-13-16-33(17-14-31)37(43)39-23-19-32-11-8-9-12-36(32)45-4/h8-9,11-18,27,29,34H,5-7,10,19-26,28H2,1-4H3,(H,39,43). The van der Waals surface area contributed by atoms with Crippen molar-refractivity contribution in [1.29, 1.82) is 0 Å². The molecule has 0 spiro atoms. The second-order valence-corrected chi connectivity index (χ2v) is 12.7. The van der Waals surface area contributed by atoms with E-state index in [1.54, 1.807) is 7.11 Å². The van der Waals surface area contributed by atoms with Gasteiger partial charge < -0.3 is 19.9 Å². The summed E-state index contributed by atoms with van der Waals surface area (Å²) in [7, 11) is 1.66. The number of para-hydroxylation sites is 1. The fourth-order valence-corrected chi connectivity index (χ4v) is 5.97. The van der Waals surface area contributed by atoms with Gasteiger partial charge >= 0.3 is 0 Å². The lowest BCUT2D eigenvalue weighted by atomic mass is 10.00. The highest BCUT2D eigenvalue weighted by Crippen LogP contribution is 2.23. The first-order valence-corrected chi connectivity index (χ1v) is 16.8. The van der Waals surface area contributed by atoms with Crippen molar-refractivity contribution in [3.05, 3.63) is 94.8 Å². The summed E-state index contributed by atoms with van der Waals surface area (Å²) < 4.78 is 5.42. The van der Waals surface area contributed by atoms with E-state index in [4.69, 9.17) is 4.74 Å². The van der Waals surface area contributed by atoms with Crippen LogP contribution in [0.1, 0.15) is 96.8 Å². The summed E-state index contributed by atoms with van der Waals surface area (Å²) in [6.07, 6.45) is 10.2. The van der Waals surface area contributed by atoms with E-state index < -0.39 is 0 Å². The third kappa shape index (κ3) is 10.4. The zero-order valence-electron chi connectivity index (χ0n) is 27.8. The number of rotatable bonds is 16. The Bertz CT molecular complexity index is 1330. The van der Waals surface area contributed by atoms with Crippen LogP contribution in [0.5, 0.6) is 5.75 Å². The van der Waals surface area contributed by atoms with Gasteiger partial charge in [-0.15, -0.1) is 0 Å². The topological polar surface area (TPSA) is 74.8 Å². The molecule has 3 aromatic rings. The number of ether oxygens (including phenoxy) is 1. The molecule has 7 nitrogen and oxygen atoms in total. The van der Waals surface area contributed by atoms with E-state index in [0.717, 1.165) is 62.2 Å². The summed E-state index contributed by atoms with van der Waals surface area (Å²) in [4.78, 5) is 36.0. The zero-order chi connectivity index (χ0) is 32.0. The number of aromatic nitrogens is 1. The van der Waals surface area contributed by atoms with Gasteiger partial charge in [0.25, 0.3) is 11.8 Å². The Morgan fingerprint density at radius 2 is 1.71 bits per heavy atom. The average molecular weight is 613 g/mol. The summed E-state index contributed by atoms with van der Waals surface area (Å²) in [5, 5.41) is 3.02. The number of amides is 2. The van der Waals surface area contributed by atoms with Gasteiger partial charge in [0.1, 0.15) is 11.4 Å². The van der Waals surface area contributed by atoms with Crippen LogP contribution in [0, 0.1) is 5.92 Å². The molecule has 2 aromatic carbocycles. The van der Waals surface area contributed by atoms with Gasteiger partial charge in [-0.05, 0) is 91.9 Å². The molecule has 1 saturated heterocycles. The fourth-order valence-electron chi connectivity index (χ4n) is 5.97. The number of piperidine rings is 1. The van der Waals surface area contributed by atoms with Crippen molar-refractivity contribution in [2.45, 2.75) is 84.7 Å². The molecule has 45 heavy (non-hydrogen) atoms. The molecule has 4 rings (SSSR count). The molecule has 7 heteroatoms. The number of carbonyl (C=O) groups is 2. The lowest BCUT2D eigenvalue weighted by Crippen LogP contribution is -2.47. The Morgan fingerprint density at radius 3 is 2.38 bits per heavy atom. The second kappa shape index (κ2) is 17.7. The maximum atomic E-state index is 13.9. The van der Waals surface area contributed by atoms with Crippen molar-refractivity contribution in [3.63, 3.8) is 0 Å². The van der Waals surface area contributed by atoms with Gasteiger partial charge in [-0.1, -0.05) is 70.0 Å². The van der Waals surface area contributed by atoms with Crippen molar-refractivity contribution in [1.82, 2.24) is 20.1 Å². The van der Waals surface area contributed by atoms with Crippen LogP contribution in [0.25, 0.3) is 0 Å². The van der Waals surface area contributed by atoms with Gasteiger partial charge in [0.15, 0.2) is 0 Å². The molecule has 1 aromatic heterocycles. The van der Waals surface area contributed by atoms with Gasteiger partial charge in [-0.3, -0.25) is 14.6 Å². The molecule has 2 heterocycles. The van der Waals surface area contributed by atoms with Crippen LogP contribution in [0.3, 0.4) is 0 Å². The third-order valence-corrected chi connectivity index (χ3v) is 8.84. The number of nitrogens with zero attached hydrogens (tertiary/aromatic N) is 3. The van der Waals surface area contributed by atoms with E-state index in [2.05, 4.69) is 42.0 Å². The highest BCUT2D eigenvalue weighted by molar-refractivity contribution is 5.94. The molecule has 1 fully saturated rings. The van der Waals surface area contributed by atoms with E-state index in [1.807, 2.05) is 65.7 Å². The number of carbonyl (C=O) groups excluding carboxylic acids is 2. The number of likely N-dealkylation sites (tertiary alicyclic amines) is 1. The van der Waals surface area contributed by atoms with Crippen molar-refractivity contribution < 1.29 is 14.3 Å². The number of methoxy groups -OCH3 is 1. The van der Waals surface area contributed by atoms with Crippen molar-refractivity contribution in [3.8, 4) is 5.75 Å². The minimum Gasteiger partial charge on any atom is -0.496 e. The first kappa shape index (κ1) is 34.2. The van der Waals surface area contributed by atoms with E-state index in [1.165, 1.54) is 24.8 Å². The van der Waals surface area contributed by atoms with Crippen LogP contribution < -0.4 is 10.1 Å². The highest BCUT2D eigenvalue weighted by Gasteiger charge is 2.29. The Morgan fingerprint density at radius 1 is 0.978 bits per heavy atom. The number of aryl methyl sites for hydroxylation is 1. The molecule has 2 amide bonds. The predicted molar refractivity (Wildman–Crippen MR) is 182 cm³/mol. The van der Waals surface area contributed by atoms with E-state index >= 15 is 0 Å². The Kier molecular flexibility index (Phi) is 13.4. The molecule has 0 saturated carbocycles. The molecule has 0 unspecified atom stereocenters. The highest BCUT2D eigenvalue weighted by atomic mass is 16.5. The van der Waals surface area contributed by atoms with Crippen molar-refractivity contribution in [2.75, 3.05) is 33.3 Å². The average Bonchev–Trinajstić information content (AvgIpc) is 3.07. The smallest absolute Gasteiger partial charge is 0.272 e. The first-order chi connectivity index (χ1) is 21.9. The van der Waals surface area contributed by atoms with Gasteiger partial charge in [-0.2, -0.15) is 0 Å². The number of unbranched alkanes of at least 4 members (excludes halogenated alkanes) is 2. The first-order valence-electron chi connectivity index (χ1n) is 16.8. The number of nitrogens with one attached hydrogen (secondary N) is 1. The van der Waals surface area contributed by atoms with Gasteiger partial charge in [0.05, 0.1) is 7.11 Å². The maximum absolute atomic E-state index is 13.9. The number of hydrogen-bond donors (Lipinski definition) is 1. The van der Waals surface area contributed by atoms with Crippen LogP contribution in [0.4, 0.5) is 0 Å². The van der Waals surface area contributed by atoms with Crippen LogP contribution in [0.2, 0.25) is 0 Å². The molecule has 1 aliphatic heterocycles. The Labute approximate surface area is 270 Å². The molecular weight excluding hydrogens is 560 g/mol. The predicted octanol–water partition coefficient (Wildman–Crippen LogP) is 6.95. The molecule has 0 bridgehead atoms. The summed E-state index contributed by atoms with van der Waals surface area (Å²) >= 11 is 0. The van der Waals surface area contributed by atoms with Crippen LogP contribution in [-0.4, -0.2) is 65.9 Å². The largest absolute Gasteiger partial charge is 0.496 e. The quantitative estimate of drug-likeness (QED) is 0.177. The minimum atomic E-state index is -0.110. The number of hydrogen-bond acceptors (Lipinski definition) is 5. The Balaban J connectivity index is 1.40. The van der Waals surface area contributed by atoms with Gasteiger partial charge in [0.2, 0.25) is 0 Å². The van der Waals surface area contributed by atoms with E-state index in [-0.39, 0.29) is 17.9 Å². The summed E-state index contributed by atoms with van der Waals surface area (Å²) in [6, 6.07) is 19.6. The maximum Gasteiger partial charge on any atom is 0.272 e. The molecule has 242 valence electrons. The van der Waals surface area contributed by atoms with Crippen molar-refractivity contribution >= 4 is 11.8 Å². The van der Waals surface area contributed by atoms with E-state index in [0.29, 0.717) is 36.7 Å². The minimum absolute atomic E-state index is 0.0195. The van der Waals surface area contributed by atoms with Crippen LogP contribution in [0.15, 0.2) is 66.9 Å². The summed E-state index contributed by atoms with van der Waals surface area (Å²) in [5.74, 6) is 1.39. The number of pyridine rings is 1. The second-order valence-electron chi connectivity index (χ2n) is 12.7. The SMILES string of the molecule is CCCCCc1ccc(C(=O)N(Cc2ccc(C(=O)NCCc3ccccc3OC)cc2)C2CCN(CCC(C)C)CC2)nc1. The molecule has 0 radical (unpaired) electrons. The summed E-state index contributed by atoms with van der Waals surface area (Å²) in [6.45, 7) is 10.9. The lowest BCUT2D eigenvalue weighted by Gasteiger charge is -2.38. The molecule has 1 aliphatic rings. The Hall–Kier alpha value is -3.71. The fraction of sp³-hybridized carbons (Fsp3) is 0.500. The van der Waals surface area contributed by atoms with Gasteiger partial charge in [0, 0.05) is 44.0 Å². The molecule has 0 atom stereocenters. The summed E-state index contributed by atoms with van der Waals surface area (Å²) in [5.41, 5.74) is 4.36. The lowest BCUT2D eigenvalue weighted by molar-refractivity contribution is 0.0540. The zero-order valence-corrected chi connectivity index (χ0v) is 27.8. The third-order valence-electron chi connectivity index (χ3n) is 8.84. The number of benzene rings is 2. The van der Waals surface area contributed by atoms with Gasteiger partial charge in [-0.25, -0.2) is 0 Å².